The summed E-state index contributed by atoms with van der Waals surface area (Å²) in [6.07, 6.45) is 6.63. The van der Waals surface area contributed by atoms with E-state index in [-0.39, 0.29) is 0 Å². The molecule has 0 heterocycles. The zero-order chi connectivity index (χ0) is 12.1. The summed E-state index contributed by atoms with van der Waals surface area (Å²) < 4.78 is 0. The first-order valence-electron chi connectivity index (χ1n) is 7.08. The summed E-state index contributed by atoms with van der Waals surface area (Å²) in [6, 6.07) is 9.85. The molecular weight excluding hydrogens is 206 g/mol. The molecule has 0 saturated heterocycles. The van der Waals surface area contributed by atoms with E-state index in [1.165, 1.54) is 37.7 Å². The molecule has 0 aromatic heterocycles. The predicted octanol–water partition coefficient (Wildman–Crippen LogP) is 3.88. The topological polar surface area (TPSA) is 12.0 Å². The normalized spacial score (nSPS) is 15.5. The van der Waals surface area contributed by atoms with E-state index in [2.05, 4.69) is 43.4 Å². The SMILES string of the molecule is CC(C)NCCCCc1cccc(C2CC2)c1. The molecule has 1 nitrogen and oxygen atoms in total. The van der Waals surface area contributed by atoms with Gasteiger partial charge in [0.1, 0.15) is 0 Å². The lowest BCUT2D eigenvalue weighted by molar-refractivity contribution is 0.557. The van der Waals surface area contributed by atoms with Crippen LogP contribution in [-0.4, -0.2) is 12.6 Å². The summed E-state index contributed by atoms with van der Waals surface area (Å²) in [5, 5.41) is 3.47. The van der Waals surface area contributed by atoms with Crippen LogP contribution in [0.25, 0.3) is 0 Å². The lowest BCUT2D eigenvalue weighted by Crippen LogP contribution is -2.23. The van der Waals surface area contributed by atoms with Gasteiger partial charge < -0.3 is 5.32 Å². The number of nitrogens with one attached hydrogen (secondary N) is 1. The quantitative estimate of drug-likeness (QED) is 0.702. The molecule has 1 heteroatoms. The van der Waals surface area contributed by atoms with E-state index < -0.39 is 0 Å². The highest BCUT2D eigenvalue weighted by molar-refractivity contribution is 5.29. The molecule has 1 aromatic rings. The molecule has 94 valence electrons. The van der Waals surface area contributed by atoms with E-state index in [9.17, 15) is 0 Å². The zero-order valence-electron chi connectivity index (χ0n) is 11.2. The number of hydrogen-bond donors (Lipinski definition) is 1. The van der Waals surface area contributed by atoms with Gasteiger partial charge in [-0.2, -0.15) is 0 Å². The average molecular weight is 231 g/mol. The average Bonchev–Trinajstić information content (AvgIpc) is 3.12. The van der Waals surface area contributed by atoms with Gasteiger partial charge >= 0.3 is 0 Å². The lowest BCUT2D eigenvalue weighted by atomic mass is 10.0. The minimum atomic E-state index is 0.619. The fraction of sp³-hybridized carbons (Fsp3) is 0.625. The second-order valence-corrected chi connectivity index (χ2v) is 5.59. The van der Waals surface area contributed by atoms with Crippen molar-refractivity contribution in [3.63, 3.8) is 0 Å². The van der Waals surface area contributed by atoms with E-state index in [4.69, 9.17) is 0 Å². The van der Waals surface area contributed by atoms with Crippen LogP contribution in [0.4, 0.5) is 0 Å². The van der Waals surface area contributed by atoms with Gasteiger partial charge in [-0.3, -0.25) is 0 Å². The molecule has 0 spiro atoms. The molecule has 0 unspecified atom stereocenters. The summed E-state index contributed by atoms with van der Waals surface area (Å²) in [4.78, 5) is 0. The van der Waals surface area contributed by atoms with Gasteiger partial charge in [0.05, 0.1) is 0 Å². The summed E-state index contributed by atoms with van der Waals surface area (Å²) in [5.41, 5.74) is 3.10. The Kier molecular flexibility index (Phi) is 4.61. The maximum absolute atomic E-state index is 3.47. The van der Waals surface area contributed by atoms with E-state index in [0.29, 0.717) is 6.04 Å². The van der Waals surface area contributed by atoms with Crippen molar-refractivity contribution < 1.29 is 0 Å². The van der Waals surface area contributed by atoms with Crippen molar-refractivity contribution in [3.8, 4) is 0 Å². The molecule has 1 aliphatic carbocycles. The Bertz CT molecular complexity index is 339. The van der Waals surface area contributed by atoms with E-state index in [0.717, 1.165) is 12.5 Å². The van der Waals surface area contributed by atoms with Crippen LogP contribution in [0.15, 0.2) is 24.3 Å². The lowest BCUT2D eigenvalue weighted by Gasteiger charge is -2.08. The summed E-state index contributed by atoms with van der Waals surface area (Å²) >= 11 is 0. The van der Waals surface area contributed by atoms with Gasteiger partial charge in [0, 0.05) is 6.04 Å². The number of rotatable bonds is 7. The molecule has 1 aliphatic rings. The Morgan fingerprint density at radius 2 is 2.06 bits per heavy atom. The Balaban J connectivity index is 1.69. The third-order valence-corrected chi connectivity index (χ3v) is 3.44. The molecule has 1 saturated carbocycles. The molecule has 2 rings (SSSR count). The van der Waals surface area contributed by atoms with Crippen LogP contribution in [0.2, 0.25) is 0 Å². The van der Waals surface area contributed by atoms with Gasteiger partial charge in [-0.1, -0.05) is 38.1 Å². The minimum Gasteiger partial charge on any atom is -0.315 e. The molecule has 1 N–H and O–H groups in total. The third-order valence-electron chi connectivity index (χ3n) is 3.44. The van der Waals surface area contributed by atoms with Crippen LogP contribution in [0.5, 0.6) is 0 Å². The highest BCUT2D eigenvalue weighted by Crippen LogP contribution is 2.40. The first kappa shape index (κ1) is 12.6. The Labute approximate surface area is 106 Å². The molecule has 0 atom stereocenters. The van der Waals surface area contributed by atoms with Crippen molar-refractivity contribution in [1.82, 2.24) is 5.32 Å². The zero-order valence-corrected chi connectivity index (χ0v) is 11.2. The number of aryl methyl sites for hydroxylation is 1. The van der Waals surface area contributed by atoms with Crippen molar-refractivity contribution in [2.75, 3.05) is 6.54 Å². The smallest absolute Gasteiger partial charge is 0.00103 e. The predicted molar refractivity (Wildman–Crippen MR) is 74.5 cm³/mol. The van der Waals surface area contributed by atoms with Gasteiger partial charge in [-0.15, -0.1) is 0 Å². The van der Waals surface area contributed by atoms with Crippen molar-refractivity contribution in [2.24, 2.45) is 0 Å². The van der Waals surface area contributed by atoms with Gasteiger partial charge in [0.2, 0.25) is 0 Å². The third kappa shape index (κ3) is 4.51. The van der Waals surface area contributed by atoms with Crippen LogP contribution in [0, 0.1) is 0 Å². The van der Waals surface area contributed by atoms with Crippen LogP contribution >= 0.6 is 0 Å². The molecule has 0 bridgehead atoms. The van der Waals surface area contributed by atoms with Crippen molar-refractivity contribution >= 4 is 0 Å². The van der Waals surface area contributed by atoms with Crippen LogP contribution in [0.1, 0.15) is 56.6 Å². The minimum absolute atomic E-state index is 0.619. The number of unbranched alkanes of at least 4 members (excludes halogenated alkanes) is 1. The van der Waals surface area contributed by atoms with Crippen LogP contribution < -0.4 is 5.32 Å². The highest BCUT2D eigenvalue weighted by atomic mass is 14.9. The Hall–Kier alpha value is -0.820. The van der Waals surface area contributed by atoms with E-state index in [1.807, 2.05) is 0 Å². The van der Waals surface area contributed by atoms with Crippen LogP contribution in [-0.2, 0) is 6.42 Å². The first-order chi connectivity index (χ1) is 8.25. The van der Waals surface area contributed by atoms with Crippen LogP contribution in [0.3, 0.4) is 0 Å². The molecule has 17 heavy (non-hydrogen) atoms. The molecule has 0 radical (unpaired) electrons. The molecule has 0 amide bonds. The van der Waals surface area contributed by atoms with E-state index in [1.54, 1.807) is 5.56 Å². The Morgan fingerprint density at radius 3 is 2.76 bits per heavy atom. The second kappa shape index (κ2) is 6.20. The summed E-state index contributed by atoms with van der Waals surface area (Å²) in [7, 11) is 0. The van der Waals surface area contributed by atoms with Crippen molar-refractivity contribution in [1.29, 1.82) is 0 Å². The fourth-order valence-corrected chi connectivity index (χ4v) is 2.26. The van der Waals surface area contributed by atoms with Gasteiger partial charge in [0.15, 0.2) is 0 Å². The van der Waals surface area contributed by atoms with Crippen molar-refractivity contribution in [3.05, 3.63) is 35.4 Å². The maximum Gasteiger partial charge on any atom is 0.00103 e. The maximum atomic E-state index is 3.47. The first-order valence-corrected chi connectivity index (χ1v) is 7.08. The molecule has 1 fully saturated rings. The van der Waals surface area contributed by atoms with Gasteiger partial charge in [-0.25, -0.2) is 0 Å². The van der Waals surface area contributed by atoms with Gasteiger partial charge in [0.25, 0.3) is 0 Å². The second-order valence-electron chi connectivity index (χ2n) is 5.59. The largest absolute Gasteiger partial charge is 0.315 e. The Morgan fingerprint density at radius 1 is 1.24 bits per heavy atom. The van der Waals surface area contributed by atoms with E-state index >= 15 is 0 Å². The fourth-order valence-electron chi connectivity index (χ4n) is 2.26. The summed E-state index contributed by atoms with van der Waals surface area (Å²) in [5.74, 6) is 0.887. The molecule has 1 aromatic carbocycles. The highest BCUT2D eigenvalue weighted by Gasteiger charge is 2.23. The molecule has 0 aliphatic heterocycles. The molecular formula is C16H25N. The number of hydrogen-bond acceptors (Lipinski definition) is 1. The van der Waals surface area contributed by atoms with Gasteiger partial charge in [-0.05, 0) is 55.7 Å². The standard InChI is InChI=1S/C16H25N/c1-13(2)17-11-4-3-6-14-7-5-8-16(12-14)15-9-10-15/h5,7-8,12-13,15,17H,3-4,6,9-11H2,1-2H3. The number of benzene rings is 1. The summed E-state index contributed by atoms with van der Waals surface area (Å²) in [6.45, 7) is 5.57. The monoisotopic (exact) mass is 231 g/mol. The van der Waals surface area contributed by atoms with Crippen molar-refractivity contribution in [2.45, 2.75) is 57.9 Å².